The molecule has 1 aliphatic heterocycles. The Bertz CT molecular complexity index is 1000. The number of carbonyl (C=O) groups is 2. The van der Waals surface area contributed by atoms with Crippen molar-refractivity contribution < 1.29 is 14.3 Å². The number of rotatable bonds is 3. The number of hydrogen-bond acceptors (Lipinski definition) is 4. The Hall–Kier alpha value is -3.35. The summed E-state index contributed by atoms with van der Waals surface area (Å²) in [6.45, 7) is 4.01. The summed E-state index contributed by atoms with van der Waals surface area (Å²) in [7, 11) is 0. The van der Waals surface area contributed by atoms with Crippen molar-refractivity contribution in [3.63, 3.8) is 0 Å². The van der Waals surface area contributed by atoms with E-state index in [1.165, 1.54) is 0 Å². The quantitative estimate of drug-likeness (QED) is 0.759. The largest absolute Gasteiger partial charge is 0.450 e. The smallest absolute Gasteiger partial charge is 0.409 e. The van der Waals surface area contributed by atoms with Crippen LogP contribution in [0.15, 0.2) is 48.5 Å². The molecule has 1 aromatic heterocycles. The normalized spacial score (nSPS) is 14.3. The molecule has 2 amide bonds. The molecule has 0 aliphatic carbocycles. The minimum absolute atomic E-state index is 0.109. The van der Waals surface area contributed by atoms with Crippen LogP contribution in [0.2, 0.25) is 0 Å². The van der Waals surface area contributed by atoms with Crippen molar-refractivity contribution in [1.82, 2.24) is 20.0 Å². The molecule has 28 heavy (non-hydrogen) atoms. The minimum atomic E-state index is -0.325. The molecule has 2 heterocycles. The van der Waals surface area contributed by atoms with Gasteiger partial charge in [0.05, 0.1) is 12.3 Å². The van der Waals surface area contributed by atoms with Gasteiger partial charge in [-0.2, -0.15) is 5.10 Å². The Morgan fingerprint density at radius 3 is 2.54 bits per heavy atom. The highest BCUT2D eigenvalue weighted by atomic mass is 16.6. The summed E-state index contributed by atoms with van der Waals surface area (Å²) in [5.41, 5.74) is 2.18. The molecule has 2 aromatic carbocycles. The van der Waals surface area contributed by atoms with Gasteiger partial charge < -0.3 is 14.5 Å². The van der Waals surface area contributed by atoms with E-state index in [-0.39, 0.29) is 12.0 Å². The lowest BCUT2D eigenvalue weighted by molar-refractivity contribution is 0.0566. The van der Waals surface area contributed by atoms with Crippen molar-refractivity contribution in [3.8, 4) is 11.3 Å². The van der Waals surface area contributed by atoms with E-state index in [9.17, 15) is 9.59 Å². The zero-order valence-corrected chi connectivity index (χ0v) is 15.7. The first-order valence-corrected chi connectivity index (χ1v) is 9.42. The highest BCUT2D eigenvalue weighted by Crippen LogP contribution is 2.27. The molecule has 3 aromatic rings. The van der Waals surface area contributed by atoms with Gasteiger partial charge in [-0.25, -0.2) is 4.79 Å². The van der Waals surface area contributed by atoms with Crippen LogP contribution in [0.4, 0.5) is 4.79 Å². The molecule has 7 heteroatoms. The topological polar surface area (TPSA) is 78.5 Å². The van der Waals surface area contributed by atoms with Gasteiger partial charge in [0.15, 0.2) is 0 Å². The number of ether oxygens (including phenoxy) is 1. The molecule has 1 N–H and O–H groups in total. The van der Waals surface area contributed by atoms with Gasteiger partial charge in [-0.1, -0.05) is 42.5 Å². The van der Waals surface area contributed by atoms with Gasteiger partial charge >= 0.3 is 6.09 Å². The fourth-order valence-electron chi connectivity index (χ4n) is 3.50. The number of carbonyl (C=O) groups excluding carboxylic acids is 2. The third-order valence-electron chi connectivity index (χ3n) is 4.97. The molecule has 0 saturated carbocycles. The van der Waals surface area contributed by atoms with Crippen LogP contribution in [0.3, 0.4) is 0 Å². The lowest BCUT2D eigenvalue weighted by Crippen LogP contribution is -2.50. The van der Waals surface area contributed by atoms with Gasteiger partial charge in [0.25, 0.3) is 5.91 Å². The number of H-pyrrole nitrogens is 1. The van der Waals surface area contributed by atoms with Crippen LogP contribution in [0.5, 0.6) is 0 Å². The van der Waals surface area contributed by atoms with E-state index < -0.39 is 0 Å². The molecule has 0 spiro atoms. The highest BCUT2D eigenvalue weighted by Gasteiger charge is 2.26. The second kappa shape index (κ2) is 7.72. The van der Waals surface area contributed by atoms with Crippen LogP contribution >= 0.6 is 0 Å². The standard InChI is InChI=1S/C21H22N4O3/c1-2-28-21(27)25-12-10-24(11-13-25)20(26)19-14-18(22-23-19)17-9-5-7-15-6-3-4-8-16(15)17/h3-9,14H,2,10-13H2,1H3,(H,22,23). The number of amides is 2. The molecule has 0 radical (unpaired) electrons. The fraction of sp³-hybridized carbons (Fsp3) is 0.286. The summed E-state index contributed by atoms with van der Waals surface area (Å²) in [5.74, 6) is -0.109. The molecule has 1 aliphatic rings. The number of nitrogens with one attached hydrogen (secondary N) is 1. The highest BCUT2D eigenvalue weighted by molar-refractivity contribution is 5.98. The first-order valence-electron chi connectivity index (χ1n) is 9.42. The average molecular weight is 378 g/mol. The van der Waals surface area contributed by atoms with Crippen LogP contribution < -0.4 is 0 Å². The second-order valence-corrected chi connectivity index (χ2v) is 6.67. The third kappa shape index (κ3) is 3.43. The monoisotopic (exact) mass is 378 g/mol. The molecule has 4 rings (SSSR count). The number of fused-ring (bicyclic) bond motifs is 1. The Kier molecular flexibility index (Phi) is 4.97. The predicted octanol–water partition coefficient (Wildman–Crippen LogP) is 3.14. The SMILES string of the molecule is CCOC(=O)N1CCN(C(=O)c2cc(-c3cccc4ccccc34)n[nH]2)CC1. The van der Waals surface area contributed by atoms with E-state index >= 15 is 0 Å². The summed E-state index contributed by atoms with van der Waals surface area (Å²) in [5, 5.41) is 9.46. The zero-order valence-electron chi connectivity index (χ0n) is 15.7. The minimum Gasteiger partial charge on any atom is -0.450 e. The van der Waals surface area contributed by atoms with E-state index in [2.05, 4.69) is 28.4 Å². The summed E-state index contributed by atoms with van der Waals surface area (Å²) in [6, 6.07) is 15.9. The van der Waals surface area contributed by atoms with Crippen LogP contribution in [0.1, 0.15) is 17.4 Å². The maximum atomic E-state index is 12.8. The lowest BCUT2D eigenvalue weighted by Gasteiger charge is -2.33. The van der Waals surface area contributed by atoms with Gasteiger partial charge in [-0.15, -0.1) is 0 Å². The van der Waals surface area contributed by atoms with E-state index in [1.54, 1.807) is 22.8 Å². The Labute approximate surface area is 162 Å². The van der Waals surface area contributed by atoms with Crippen molar-refractivity contribution in [3.05, 3.63) is 54.2 Å². The molecule has 1 fully saturated rings. The second-order valence-electron chi connectivity index (χ2n) is 6.67. The van der Waals surface area contributed by atoms with Crippen LogP contribution in [0.25, 0.3) is 22.0 Å². The maximum absolute atomic E-state index is 12.8. The van der Waals surface area contributed by atoms with Crippen LogP contribution in [-0.4, -0.2) is 64.8 Å². The first kappa shape index (κ1) is 18.0. The van der Waals surface area contributed by atoms with Crippen LogP contribution in [0, 0.1) is 0 Å². The zero-order chi connectivity index (χ0) is 19.5. The molecule has 1 saturated heterocycles. The summed E-state index contributed by atoms with van der Waals surface area (Å²) in [6.07, 6.45) is -0.325. The molecule has 0 bridgehead atoms. The first-order chi connectivity index (χ1) is 13.7. The number of aromatic amines is 1. The fourth-order valence-corrected chi connectivity index (χ4v) is 3.50. The van der Waals surface area contributed by atoms with E-state index in [1.807, 2.05) is 24.3 Å². The van der Waals surface area contributed by atoms with E-state index in [0.29, 0.717) is 38.5 Å². The Balaban J connectivity index is 1.49. The maximum Gasteiger partial charge on any atom is 0.409 e. The number of nitrogens with zero attached hydrogens (tertiary/aromatic N) is 3. The molecular formula is C21H22N4O3. The van der Waals surface area contributed by atoms with Gasteiger partial charge in [0.2, 0.25) is 0 Å². The van der Waals surface area contributed by atoms with E-state index in [0.717, 1.165) is 22.0 Å². The summed E-state index contributed by atoms with van der Waals surface area (Å²) < 4.78 is 5.02. The number of benzene rings is 2. The van der Waals surface area contributed by atoms with Crippen molar-refractivity contribution >= 4 is 22.8 Å². The number of aromatic nitrogens is 2. The van der Waals surface area contributed by atoms with Crippen molar-refractivity contribution in [2.24, 2.45) is 0 Å². The Morgan fingerprint density at radius 2 is 1.75 bits per heavy atom. The van der Waals surface area contributed by atoms with Crippen LogP contribution in [-0.2, 0) is 4.74 Å². The predicted molar refractivity (Wildman–Crippen MR) is 106 cm³/mol. The van der Waals surface area contributed by atoms with Gasteiger partial charge in [-0.05, 0) is 23.8 Å². The van der Waals surface area contributed by atoms with Gasteiger partial charge in [0, 0.05) is 31.7 Å². The van der Waals surface area contributed by atoms with E-state index in [4.69, 9.17) is 4.74 Å². The molecule has 144 valence electrons. The van der Waals surface area contributed by atoms with Crippen molar-refractivity contribution in [1.29, 1.82) is 0 Å². The number of hydrogen-bond donors (Lipinski definition) is 1. The van der Waals surface area contributed by atoms with Gasteiger partial charge in [-0.3, -0.25) is 9.89 Å². The molecule has 0 atom stereocenters. The lowest BCUT2D eigenvalue weighted by atomic mass is 10.0. The average Bonchev–Trinajstić information content (AvgIpc) is 3.23. The van der Waals surface area contributed by atoms with Crippen molar-refractivity contribution in [2.45, 2.75) is 6.92 Å². The third-order valence-corrected chi connectivity index (χ3v) is 4.97. The molecule has 0 unspecified atom stereocenters. The molecule has 7 nitrogen and oxygen atoms in total. The Morgan fingerprint density at radius 1 is 1.04 bits per heavy atom. The van der Waals surface area contributed by atoms with Gasteiger partial charge in [0.1, 0.15) is 5.69 Å². The summed E-state index contributed by atoms with van der Waals surface area (Å²) >= 11 is 0. The number of piperazine rings is 1. The van der Waals surface area contributed by atoms with Crippen molar-refractivity contribution in [2.75, 3.05) is 32.8 Å². The summed E-state index contributed by atoms with van der Waals surface area (Å²) in [4.78, 5) is 28.0. The molecular weight excluding hydrogens is 356 g/mol.